The Morgan fingerprint density at radius 2 is 1.82 bits per heavy atom. The summed E-state index contributed by atoms with van der Waals surface area (Å²) >= 11 is 6.13. The first-order chi connectivity index (χ1) is 10.5. The zero-order chi connectivity index (χ0) is 15.9. The molecule has 0 radical (unpaired) electrons. The number of halogens is 1. The molecule has 0 aliphatic rings. The number of nitrogens with one attached hydrogen (secondary N) is 1. The van der Waals surface area contributed by atoms with Crippen LogP contribution >= 0.6 is 11.6 Å². The van der Waals surface area contributed by atoms with Crippen molar-refractivity contribution >= 4 is 17.5 Å². The van der Waals surface area contributed by atoms with Crippen molar-refractivity contribution in [1.82, 2.24) is 10.2 Å². The van der Waals surface area contributed by atoms with Crippen LogP contribution in [0.3, 0.4) is 0 Å². The van der Waals surface area contributed by atoms with Gasteiger partial charge in [-0.25, -0.2) is 0 Å². The highest BCUT2D eigenvalue weighted by Gasteiger charge is 2.08. The molecule has 116 valence electrons. The topological polar surface area (TPSA) is 32.3 Å². The van der Waals surface area contributed by atoms with Gasteiger partial charge in [-0.3, -0.25) is 9.69 Å². The van der Waals surface area contributed by atoms with Gasteiger partial charge in [0.25, 0.3) is 0 Å². The Bertz CT molecular complexity index is 625. The molecule has 2 rings (SSSR count). The second-order valence-corrected chi connectivity index (χ2v) is 5.93. The molecule has 4 heteroatoms. The predicted octanol–water partition coefficient (Wildman–Crippen LogP) is 3.40. The smallest absolute Gasteiger partial charge is 0.234 e. The largest absolute Gasteiger partial charge is 0.351 e. The van der Waals surface area contributed by atoms with Gasteiger partial charge in [0.15, 0.2) is 0 Å². The van der Waals surface area contributed by atoms with Gasteiger partial charge in [-0.2, -0.15) is 0 Å². The zero-order valence-corrected chi connectivity index (χ0v) is 13.7. The molecule has 0 unspecified atom stereocenters. The molecule has 22 heavy (non-hydrogen) atoms. The average Bonchev–Trinajstić information content (AvgIpc) is 2.49. The van der Waals surface area contributed by atoms with Crippen molar-refractivity contribution in [1.29, 1.82) is 0 Å². The van der Waals surface area contributed by atoms with Crippen LogP contribution in [0, 0.1) is 6.92 Å². The minimum Gasteiger partial charge on any atom is -0.351 e. The van der Waals surface area contributed by atoms with Gasteiger partial charge in [-0.15, -0.1) is 0 Å². The molecule has 3 nitrogen and oxygen atoms in total. The molecule has 0 aliphatic heterocycles. The summed E-state index contributed by atoms with van der Waals surface area (Å²) in [6, 6.07) is 15.8. The van der Waals surface area contributed by atoms with E-state index in [1.165, 1.54) is 5.56 Å². The van der Waals surface area contributed by atoms with Crippen molar-refractivity contribution in [2.24, 2.45) is 0 Å². The van der Waals surface area contributed by atoms with Gasteiger partial charge in [-0.05, 0) is 31.2 Å². The first kappa shape index (κ1) is 16.5. The number of hydrogen-bond donors (Lipinski definition) is 1. The predicted molar refractivity (Wildman–Crippen MR) is 90.8 cm³/mol. The SMILES string of the molecule is Cc1ccc(CNC(=O)CN(C)Cc2ccccc2Cl)cc1. The van der Waals surface area contributed by atoms with Crippen LogP contribution in [-0.2, 0) is 17.9 Å². The molecule has 0 atom stereocenters. The number of carbonyl (C=O) groups excluding carboxylic acids is 1. The Balaban J connectivity index is 1.79. The lowest BCUT2D eigenvalue weighted by atomic mass is 10.1. The van der Waals surface area contributed by atoms with E-state index < -0.39 is 0 Å². The van der Waals surface area contributed by atoms with E-state index in [1.807, 2.05) is 67.4 Å². The summed E-state index contributed by atoms with van der Waals surface area (Å²) in [5, 5.41) is 3.67. The summed E-state index contributed by atoms with van der Waals surface area (Å²) in [7, 11) is 1.91. The number of aryl methyl sites for hydroxylation is 1. The molecule has 0 aromatic heterocycles. The number of nitrogens with zero attached hydrogens (tertiary/aromatic N) is 1. The van der Waals surface area contributed by atoms with Gasteiger partial charge < -0.3 is 5.32 Å². The van der Waals surface area contributed by atoms with E-state index in [-0.39, 0.29) is 5.91 Å². The summed E-state index contributed by atoms with van der Waals surface area (Å²) in [6.07, 6.45) is 0. The third kappa shape index (κ3) is 5.17. The van der Waals surface area contributed by atoms with E-state index in [0.29, 0.717) is 19.6 Å². The van der Waals surface area contributed by atoms with Crippen LogP contribution in [0.1, 0.15) is 16.7 Å². The van der Waals surface area contributed by atoms with Crippen LogP contribution in [0.15, 0.2) is 48.5 Å². The van der Waals surface area contributed by atoms with Crippen molar-refractivity contribution in [2.45, 2.75) is 20.0 Å². The minimum atomic E-state index is 0.00938. The van der Waals surface area contributed by atoms with Gasteiger partial charge in [0, 0.05) is 18.1 Å². The molecule has 2 aromatic rings. The summed E-state index contributed by atoms with van der Waals surface area (Å²) in [4.78, 5) is 13.9. The fraction of sp³-hybridized carbons (Fsp3) is 0.278. The Hall–Kier alpha value is -1.84. The van der Waals surface area contributed by atoms with Crippen molar-refractivity contribution in [3.8, 4) is 0 Å². The molecule has 0 saturated carbocycles. The maximum Gasteiger partial charge on any atom is 0.234 e. The van der Waals surface area contributed by atoms with E-state index in [9.17, 15) is 4.79 Å². The van der Waals surface area contributed by atoms with Gasteiger partial charge in [-0.1, -0.05) is 59.6 Å². The highest BCUT2D eigenvalue weighted by molar-refractivity contribution is 6.31. The number of carbonyl (C=O) groups is 1. The number of rotatable bonds is 6. The molecule has 0 heterocycles. The first-order valence-electron chi connectivity index (χ1n) is 7.29. The molecule has 0 saturated heterocycles. The lowest BCUT2D eigenvalue weighted by molar-refractivity contribution is -0.122. The number of hydrogen-bond acceptors (Lipinski definition) is 2. The standard InChI is InChI=1S/C18H21ClN2O/c1-14-7-9-15(10-8-14)11-20-18(22)13-21(2)12-16-5-3-4-6-17(16)19/h3-10H,11-13H2,1-2H3,(H,20,22). The third-order valence-corrected chi connectivity index (χ3v) is 3.79. The highest BCUT2D eigenvalue weighted by Crippen LogP contribution is 2.16. The van der Waals surface area contributed by atoms with Crippen LogP contribution in [0.25, 0.3) is 0 Å². The molecule has 1 N–H and O–H groups in total. The lowest BCUT2D eigenvalue weighted by Gasteiger charge is -2.17. The van der Waals surface area contributed by atoms with E-state index in [2.05, 4.69) is 5.32 Å². The van der Waals surface area contributed by atoms with Gasteiger partial charge >= 0.3 is 0 Å². The summed E-state index contributed by atoms with van der Waals surface area (Å²) in [5.41, 5.74) is 3.35. The van der Waals surface area contributed by atoms with Crippen LogP contribution in [-0.4, -0.2) is 24.4 Å². The van der Waals surface area contributed by atoms with Crippen molar-refractivity contribution in [2.75, 3.05) is 13.6 Å². The summed E-state index contributed by atoms with van der Waals surface area (Å²) in [5.74, 6) is 0.00938. The minimum absolute atomic E-state index is 0.00938. The van der Waals surface area contributed by atoms with Crippen LogP contribution in [0.4, 0.5) is 0 Å². The molecular formula is C18H21ClN2O. The molecule has 0 aliphatic carbocycles. The van der Waals surface area contributed by atoms with Gasteiger partial charge in [0.2, 0.25) is 5.91 Å². The molecule has 2 aromatic carbocycles. The van der Waals surface area contributed by atoms with Crippen molar-refractivity contribution in [3.63, 3.8) is 0 Å². The fourth-order valence-corrected chi connectivity index (χ4v) is 2.38. The zero-order valence-electron chi connectivity index (χ0n) is 13.0. The van der Waals surface area contributed by atoms with E-state index in [4.69, 9.17) is 11.6 Å². The number of benzene rings is 2. The maximum atomic E-state index is 12.0. The van der Waals surface area contributed by atoms with E-state index >= 15 is 0 Å². The normalized spacial score (nSPS) is 10.7. The van der Waals surface area contributed by atoms with Crippen LogP contribution in [0.5, 0.6) is 0 Å². The number of likely N-dealkylation sites (N-methyl/N-ethyl adjacent to an activating group) is 1. The van der Waals surface area contributed by atoms with Crippen molar-refractivity contribution in [3.05, 3.63) is 70.2 Å². The average molecular weight is 317 g/mol. The molecule has 0 bridgehead atoms. The van der Waals surface area contributed by atoms with E-state index in [0.717, 1.165) is 16.1 Å². The van der Waals surface area contributed by atoms with Crippen LogP contribution < -0.4 is 5.32 Å². The highest BCUT2D eigenvalue weighted by atomic mass is 35.5. The summed E-state index contributed by atoms with van der Waals surface area (Å²) < 4.78 is 0. The monoisotopic (exact) mass is 316 g/mol. The Morgan fingerprint density at radius 3 is 2.50 bits per heavy atom. The Morgan fingerprint density at radius 1 is 1.14 bits per heavy atom. The molecule has 1 amide bonds. The quantitative estimate of drug-likeness (QED) is 0.886. The second-order valence-electron chi connectivity index (χ2n) is 5.53. The van der Waals surface area contributed by atoms with Gasteiger partial charge in [0.1, 0.15) is 0 Å². The maximum absolute atomic E-state index is 12.0. The Kier molecular flexibility index (Phi) is 5.99. The molecule has 0 spiro atoms. The summed E-state index contributed by atoms with van der Waals surface area (Å²) in [6.45, 7) is 3.60. The number of amides is 1. The van der Waals surface area contributed by atoms with Gasteiger partial charge in [0.05, 0.1) is 6.54 Å². The first-order valence-corrected chi connectivity index (χ1v) is 7.66. The van der Waals surface area contributed by atoms with Crippen molar-refractivity contribution < 1.29 is 4.79 Å². The molecule has 0 fully saturated rings. The van der Waals surface area contributed by atoms with Crippen LogP contribution in [0.2, 0.25) is 5.02 Å². The third-order valence-electron chi connectivity index (χ3n) is 3.42. The molecular weight excluding hydrogens is 296 g/mol. The fourth-order valence-electron chi connectivity index (χ4n) is 2.18. The van der Waals surface area contributed by atoms with E-state index in [1.54, 1.807) is 0 Å². The lowest BCUT2D eigenvalue weighted by Crippen LogP contribution is -2.34. The Labute approximate surface area is 136 Å². The second kappa shape index (κ2) is 7.97.